The Hall–Kier alpha value is -1.37. The van der Waals surface area contributed by atoms with E-state index in [0.717, 1.165) is 5.56 Å². The predicted molar refractivity (Wildman–Crippen MR) is 50.5 cm³/mol. The van der Waals surface area contributed by atoms with E-state index in [1.807, 2.05) is 18.5 Å². The lowest BCUT2D eigenvalue weighted by atomic mass is 10.1. The molecule has 2 unspecified atom stereocenters. The summed E-state index contributed by atoms with van der Waals surface area (Å²) in [6.07, 6.45) is 4.45. The number of amides is 1. The number of hydrogen-bond donors (Lipinski definition) is 5. The molecule has 2 rings (SSSR count). The zero-order chi connectivity index (χ0) is 9.97. The number of rotatable bonds is 2. The van der Waals surface area contributed by atoms with Crippen LogP contribution in [0.5, 0.6) is 0 Å². The molecule has 14 heavy (non-hydrogen) atoms. The van der Waals surface area contributed by atoms with Crippen molar-refractivity contribution in [3.63, 3.8) is 0 Å². The molecular weight excluding hydrogens is 182 g/mol. The highest BCUT2D eigenvalue weighted by Gasteiger charge is 2.29. The van der Waals surface area contributed by atoms with E-state index in [2.05, 4.69) is 21.3 Å². The highest BCUT2D eigenvalue weighted by atomic mass is 16.2. The van der Waals surface area contributed by atoms with Crippen LogP contribution in [0, 0.1) is 0 Å². The van der Waals surface area contributed by atoms with Gasteiger partial charge in [-0.25, -0.2) is 16.7 Å². The number of hydrogen-bond acceptors (Lipinski definition) is 4. The van der Waals surface area contributed by atoms with Crippen molar-refractivity contribution in [2.45, 2.75) is 18.5 Å². The summed E-state index contributed by atoms with van der Waals surface area (Å²) < 4.78 is 0. The second kappa shape index (κ2) is 3.79. The van der Waals surface area contributed by atoms with Crippen LogP contribution in [0.3, 0.4) is 0 Å². The van der Waals surface area contributed by atoms with Gasteiger partial charge in [0.15, 0.2) is 0 Å². The first-order valence-electron chi connectivity index (χ1n) is 4.45. The van der Waals surface area contributed by atoms with E-state index in [1.165, 1.54) is 0 Å². The highest BCUT2D eigenvalue weighted by molar-refractivity contribution is 5.81. The summed E-state index contributed by atoms with van der Waals surface area (Å²) in [6.45, 7) is 0. The fraction of sp³-hybridized carbons (Fsp3) is 0.375. The molecule has 1 aromatic heterocycles. The van der Waals surface area contributed by atoms with E-state index in [4.69, 9.17) is 5.84 Å². The minimum absolute atomic E-state index is 0.156. The number of H-pyrrole nitrogens is 1. The van der Waals surface area contributed by atoms with Gasteiger partial charge in [0.2, 0.25) is 0 Å². The molecule has 6 heteroatoms. The van der Waals surface area contributed by atoms with Crippen molar-refractivity contribution < 1.29 is 4.79 Å². The van der Waals surface area contributed by atoms with Gasteiger partial charge in [0.05, 0.1) is 0 Å². The third-order valence-corrected chi connectivity index (χ3v) is 2.39. The first-order chi connectivity index (χ1) is 6.81. The summed E-state index contributed by atoms with van der Waals surface area (Å²) >= 11 is 0. The van der Waals surface area contributed by atoms with E-state index in [0.29, 0.717) is 6.42 Å². The molecule has 0 bridgehead atoms. The maximum Gasteiger partial charge on any atom is 0.252 e. The van der Waals surface area contributed by atoms with E-state index >= 15 is 0 Å². The van der Waals surface area contributed by atoms with Gasteiger partial charge in [-0.3, -0.25) is 10.2 Å². The first kappa shape index (κ1) is 9.20. The maximum atomic E-state index is 11.2. The number of nitrogens with two attached hydrogens (primary N) is 1. The van der Waals surface area contributed by atoms with Crippen molar-refractivity contribution in [3.05, 3.63) is 24.0 Å². The van der Waals surface area contributed by atoms with Gasteiger partial charge < -0.3 is 4.98 Å². The molecule has 2 heterocycles. The Morgan fingerprint density at radius 1 is 1.57 bits per heavy atom. The normalized spacial score (nSPS) is 26.4. The summed E-state index contributed by atoms with van der Waals surface area (Å²) in [5.74, 6) is 4.84. The Labute approximate surface area is 81.2 Å². The molecule has 1 fully saturated rings. The summed E-state index contributed by atoms with van der Waals surface area (Å²) in [5, 5.41) is 0. The standard InChI is InChI=1S/C8H13N5O/c9-11-8(14)7-3-6(12-13-7)5-1-2-10-4-5/h1-2,4,6-7,10,12-13H,3,9H2,(H,11,14). The minimum Gasteiger partial charge on any atom is -0.367 e. The molecule has 1 aliphatic rings. The van der Waals surface area contributed by atoms with Crippen molar-refractivity contribution in [1.82, 2.24) is 21.3 Å². The molecule has 1 aromatic rings. The smallest absolute Gasteiger partial charge is 0.252 e. The molecule has 2 atom stereocenters. The number of aromatic nitrogens is 1. The van der Waals surface area contributed by atoms with Gasteiger partial charge in [-0.2, -0.15) is 0 Å². The highest BCUT2D eigenvalue weighted by Crippen LogP contribution is 2.21. The predicted octanol–water partition coefficient (Wildman–Crippen LogP) is -1.09. The molecule has 0 saturated carbocycles. The van der Waals surface area contributed by atoms with Crippen LogP contribution in [0.25, 0.3) is 0 Å². The third-order valence-electron chi connectivity index (χ3n) is 2.39. The van der Waals surface area contributed by atoms with Crippen molar-refractivity contribution in [1.29, 1.82) is 0 Å². The number of aromatic amines is 1. The molecule has 1 amide bonds. The van der Waals surface area contributed by atoms with E-state index in [1.54, 1.807) is 0 Å². The van der Waals surface area contributed by atoms with Crippen LogP contribution < -0.4 is 22.1 Å². The number of nitrogens with one attached hydrogen (secondary N) is 4. The molecule has 6 N–H and O–H groups in total. The number of carbonyl (C=O) groups excluding carboxylic acids is 1. The van der Waals surface area contributed by atoms with Gasteiger partial charge in [-0.05, 0) is 18.1 Å². The lowest BCUT2D eigenvalue weighted by Gasteiger charge is -2.06. The molecular formula is C8H13N5O. The van der Waals surface area contributed by atoms with E-state index in [9.17, 15) is 4.79 Å². The van der Waals surface area contributed by atoms with Gasteiger partial charge in [-0.1, -0.05) is 0 Å². The van der Waals surface area contributed by atoms with E-state index in [-0.39, 0.29) is 18.0 Å². The van der Waals surface area contributed by atoms with Crippen molar-refractivity contribution in [2.75, 3.05) is 0 Å². The number of carbonyl (C=O) groups is 1. The topological polar surface area (TPSA) is 95.0 Å². The summed E-state index contributed by atoms with van der Waals surface area (Å²) in [5.41, 5.74) is 9.18. The number of hydrazine groups is 2. The van der Waals surface area contributed by atoms with Crippen LogP contribution in [-0.2, 0) is 4.79 Å². The molecule has 6 nitrogen and oxygen atoms in total. The lowest BCUT2D eigenvalue weighted by molar-refractivity contribution is -0.122. The van der Waals surface area contributed by atoms with Crippen molar-refractivity contribution >= 4 is 5.91 Å². The van der Waals surface area contributed by atoms with E-state index < -0.39 is 0 Å². The summed E-state index contributed by atoms with van der Waals surface area (Å²) in [7, 11) is 0. The van der Waals surface area contributed by atoms with Crippen LogP contribution in [0.1, 0.15) is 18.0 Å². The van der Waals surface area contributed by atoms with Gasteiger partial charge in [0, 0.05) is 18.4 Å². The fourth-order valence-electron chi connectivity index (χ4n) is 1.60. The van der Waals surface area contributed by atoms with Crippen LogP contribution in [0.15, 0.2) is 18.5 Å². The Kier molecular flexibility index (Phi) is 2.49. The van der Waals surface area contributed by atoms with Crippen molar-refractivity contribution in [2.24, 2.45) is 5.84 Å². The SMILES string of the molecule is NNC(=O)C1CC(c2cc[nH]c2)NN1. The Bertz CT molecular complexity index is 310. The minimum atomic E-state index is -0.264. The lowest BCUT2D eigenvalue weighted by Crippen LogP contribution is -2.45. The van der Waals surface area contributed by atoms with Gasteiger partial charge in [-0.15, -0.1) is 0 Å². The molecule has 0 spiro atoms. The second-order valence-corrected chi connectivity index (χ2v) is 3.28. The summed E-state index contributed by atoms with van der Waals surface area (Å²) in [4.78, 5) is 14.2. The molecule has 0 aromatic carbocycles. The van der Waals surface area contributed by atoms with Crippen LogP contribution >= 0.6 is 0 Å². The monoisotopic (exact) mass is 195 g/mol. The second-order valence-electron chi connectivity index (χ2n) is 3.28. The van der Waals surface area contributed by atoms with Crippen molar-refractivity contribution in [3.8, 4) is 0 Å². The molecule has 0 radical (unpaired) electrons. The quantitative estimate of drug-likeness (QED) is 0.235. The zero-order valence-corrected chi connectivity index (χ0v) is 7.58. The van der Waals surface area contributed by atoms with Gasteiger partial charge in [0.1, 0.15) is 6.04 Å². The first-order valence-corrected chi connectivity index (χ1v) is 4.45. The summed E-state index contributed by atoms with van der Waals surface area (Å²) in [6, 6.07) is 1.87. The molecule has 1 saturated heterocycles. The molecule has 76 valence electrons. The Morgan fingerprint density at radius 2 is 2.43 bits per heavy atom. The van der Waals surface area contributed by atoms with Crippen LogP contribution in [0.2, 0.25) is 0 Å². The average molecular weight is 195 g/mol. The largest absolute Gasteiger partial charge is 0.367 e. The fourth-order valence-corrected chi connectivity index (χ4v) is 1.60. The Morgan fingerprint density at radius 3 is 3.07 bits per heavy atom. The van der Waals surface area contributed by atoms with Gasteiger partial charge >= 0.3 is 0 Å². The average Bonchev–Trinajstić information content (AvgIpc) is 2.86. The molecule has 0 aliphatic carbocycles. The van der Waals surface area contributed by atoms with Crippen LogP contribution in [0.4, 0.5) is 0 Å². The van der Waals surface area contributed by atoms with Crippen LogP contribution in [-0.4, -0.2) is 16.9 Å². The Balaban J connectivity index is 1.98. The van der Waals surface area contributed by atoms with Gasteiger partial charge in [0.25, 0.3) is 5.91 Å². The maximum absolute atomic E-state index is 11.2. The third kappa shape index (κ3) is 1.63. The zero-order valence-electron chi connectivity index (χ0n) is 7.58. The molecule has 1 aliphatic heterocycles.